The quantitative estimate of drug-likeness (QED) is 0.436. The van der Waals surface area contributed by atoms with Crippen LogP contribution in [-0.2, 0) is 13.0 Å². The fraction of sp³-hybridized carbons (Fsp3) is 0.296. The van der Waals surface area contributed by atoms with Crippen molar-refractivity contribution in [2.45, 2.75) is 25.8 Å². The Balaban J connectivity index is 1.42. The van der Waals surface area contributed by atoms with Crippen LogP contribution in [0, 0.1) is 17.6 Å². The van der Waals surface area contributed by atoms with E-state index >= 15 is 0 Å². The molecular weight excluding hydrogens is 390 g/mol. The molecule has 3 aromatic carbocycles. The summed E-state index contributed by atoms with van der Waals surface area (Å²) in [7, 11) is 0. The van der Waals surface area contributed by atoms with Gasteiger partial charge in [-0.25, -0.2) is 8.78 Å². The molecule has 0 aliphatic carbocycles. The number of benzene rings is 3. The van der Waals surface area contributed by atoms with Crippen LogP contribution in [0.3, 0.4) is 0 Å². The summed E-state index contributed by atoms with van der Waals surface area (Å²) in [6.07, 6.45) is 3.14. The third-order valence-electron chi connectivity index (χ3n) is 6.02. The number of piperidine rings is 1. The van der Waals surface area contributed by atoms with Crippen molar-refractivity contribution < 1.29 is 8.78 Å². The van der Waals surface area contributed by atoms with Gasteiger partial charge in [-0.1, -0.05) is 54.6 Å². The molecule has 1 aliphatic heterocycles. The zero-order valence-corrected chi connectivity index (χ0v) is 17.7. The van der Waals surface area contributed by atoms with E-state index in [-0.39, 0.29) is 11.6 Å². The minimum Gasteiger partial charge on any atom is -0.303 e. The second-order valence-electron chi connectivity index (χ2n) is 8.19. The fourth-order valence-corrected chi connectivity index (χ4v) is 4.20. The third-order valence-corrected chi connectivity index (χ3v) is 6.02. The van der Waals surface area contributed by atoms with Gasteiger partial charge < -0.3 is 4.90 Å². The molecule has 31 heavy (non-hydrogen) atoms. The minimum atomic E-state index is -0.241. The summed E-state index contributed by atoms with van der Waals surface area (Å²) in [6.45, 7) is 3.64. The highest BCUT2D eigenvalue weighted by Gasteiger charge is 2.24. The topological polar surface area (TPSA) is 15.6 Å². The second kappa shape index (κ2) is 10.5. The van der Waals surface area contributed by atoms with E-state index in [0.717, 1.165) is 55.7 Å². The van der Waals surface area contributed by atoms with Gasteiger partial charge in [-0.05, 0) is 73.3 Å². The van der Waals surface area contributed by atoms with Gasteiger partial charge in [0, 0.05) is 18.2 Å². The van der Waals surface area contributed by atoms with Gasteiger partial charge in [0.2, 0.25) is 0 Å². The van der Waals surface area contributed by atoms with Crippen LogP contribution in [-0.4, -0.2) is 30.2 Å². The normalized spacial score (nSPS) is 15.9. The molecule has 0 atom stereocenters. The molecule has 160 valence electrons. The Bertz CT molecular complexity index is 974. The van der Waals surface area contributed by atoms with Gasteiger partial charge in [0.05, 0.1) is 6.54 Å². The van der Waals surface area contributed by atoms with Crippen molar-refractivity contribution in [1.82, 2.24) is 4.90 Å². The Hall–Kier alpha value is -2.85. The molecule has 2 nitrogen and oxygen atoms in total. The van der Waals surface area contributed by atoms with Crippen LogP contribution in [0.4, 0.5) is 8.78 Å². The van der Waals surface area contributed by atoms with Crippen molar-refractivity contribution in [3.05, 3.63) is 107 Å². The summed E-state index contributed by atoms with van der Waals surface area (Å²) in [6, 6.07) is 23.7. The predicted octanol–water partition coefficient (Wildman–Crippen LogP) is 5.91. The predicted molar refractivity (Wildman–Crippen MR) is 122 cm³/mol. The standard InChI is InChI=1S/C27H28F2N2/c28-25-10-6-22(7-11-25)20-30-27(23-8-12-26(29)13-9-23)24-15-18-31(19-16-24)17-14-21-4-2-1-3-5-21/h1-13,24H,14-20H2. The van der Waals surface area contributed by atoms with Gasteiger partial charge in [0.1, 0.15) is 11.6 Å². The number of rotatable bonds is 7. The molecule has 0 aromatic heterocycles. The Morgan fingerprint density at radius 3 is 2.03 bits per heavy atom. The molecule has 4 heteroatoms. The van der Waals surface area contributed by atoms with E-state index in [2.05, 4.69) is 35.2 Å². The maximum atomic E-state index is 13.5. The molecule has 0 unspecified atom stereocenters. The monoisotopic (exact) mass is 418 g/mol. The van der Waals surface area contributed by atoms with Gasteiger partial charge in [-0.15, -0.1) is 0 Å². The maximum absolute atomic E-state index is 13.5. The van der Waals surface area contributed by atoms with E-state index in [4.69, 9.17) is 4.99 Å². The summed E-state index contributed by atoms with van der Waals surface area (Å²) in [5, 5.41) is 0. The summed E-state index contributed by atoms with van der Waals surface area (Å²) in [5.74, 6) is -0.134. The van der Waals surface area contributed by atoms with E-state index in [1.165, 1.54) is 29.8 Å². The lowest BCUT2D eigenvalue weighted by atomic mass is 9.87. The van der Waals surface area contributed by atoms with Crippen molar-refractivity contribution in [2.75, 3.05) is 19.6 Å². The lowest BCUT2D eigenvalue weighted by Crippen LogP contribution is -2.37. The van der Waals surface area contributed by atoms with Crippen LogP contribution in [0.2, 0.25) is 0 Å². The summed E-state index contributed by atoms with van der Waals surface area (Å²) < 4.78 is 26.7. The molecule has 0 amide bonds. The first kappa shape index (κ1) is 21.4. The van der Waals surface area contributed by atoms with E-state index in [9.17, 15) is 8.78 Å². The highest BCUT2D eigenvalue weighted by Crippen LogP contribution is 2.24. The SMILES string of the molecule is Fc1ccc(CN=C(c2ccc(F)cc2)C2CCN(CCc3ccccc3)CC2)cc1. The smallest absolute Gasteiger partial charge is 0.123 e. The fourth-order valence-electron chi connectivity index (χ4n) is 4.20. The molecule has 1 heterocycles. The molecule has 0 bridgehead atoms. The van der Waals surface area contributed by atoms with Crippen molar-refractivity contribution in [1.29, 1.82) is 0 Å². The van der Waals surface area contributed by atoms with Gasteiger partial charge in [0.25, 0.3) is 0 Å². The second-order valence-corrected chi connectivity index (χ2v) is 8.19. The van der Waals surface area contributed by atoms with Crippen LogP contribution in [0.25, 0.3) is 0 Å². The summed E-state index contributed by atoms with van der Waals surface area (Å²) >= 11 is 0. The van der Waals surface area contributed by atoms with Gasteiger partial charge in [0.15, 0.2) is 0 Å². The van der Waals surface area contributed by atoms with Crippen molar-refractivity contribution in [2.24, 2.45) is 10.9 Å². The van der Waals surface area contributed by atoms with Crippen LogP contribution >= 0.6 is 0 Å². The Kier molecular flexibility index (Phi) is 7.21. The van der Waals surface area contributed by atoms with E-state index in [0.29, 0.717) is 12.5 Å². The molecule has 1 saturated heterocycles. The van der Waals surface area contributed by atoms with Crippen molar-refractivity contribution in [3.63, 3.8) is 0 Å². The molecular formula is C27H28F2N2. The number of aliphatic imine (C=N–C) groups is 1. The molecule has 0 spiro atoms. The van der Waals surface area contributed by atoms with E-state index in [1.54, 1.807) is 12.1 Å². The number of likely N-dealkylation sites (tertiary alicyclic amines) is 1. The first-order chi connectivity index (χ1) is 15.2. The molecule has 1 fully saturated rings. The summed E-state index contributed by atoms with van der Waals surface area (Å²) in [5.41, 5.74) is 4.36. The highest BCUT2D eigenvalue weighted by atomic mass is 19.1. The number of hydrogen-bond donors (Lipinski definition) is 0. The van der Waals surface area contributed by atoms with Gasteiger partial charge in [-0.2, -0.15) is 0 Å². The average Bonchev–Trinajstić information content (AvgIpc) is 2.81. The minimum absolute atomic E-state index is 0.239. The first-order valence-electron chi connectivity index (χ1n) is 11.0. The lowest BCUT2D eigenvalue weighted by Gasteiger charge is -2.33. The van der Waals surface area contributed by atoms with E-state index in [1.807, 2.05) is 12.1 Å². The highest BCUT2D eigenvalue weighted by molar-refractivity contribution is 6.02. The van der Waals surface area contributed by atoms with Crippen LogP contribution in [0.15, 0.2) is 83.9 Å². The number of halogens is 2. The zero-order valence-electron chi connectivity index (χ0n) is 17.7. The first-order valence-corrected chi connectivity index (χ1v) is 11.0. The average molecular weight is 419 g/mol. The maximum Gasteiger partial charge on any atom is 0.123 e. The molecule has 0 N–H and O–H groups in total. The van der Waals surface area contributed by atoms with Crippen LogP contribution in [0.1, 0.15) is 29.5 Å². The van der Waals surface area contributed by atoms with Gasteiger partial charge in [-0.3, -0.25) is 4.99 Å². The number of nitrogens with zero attached hydrogens (tertiary/aromatic N) is 2. The Labute approximate surface area is 183 Å². The number of hydrogen-bond acceptors (Lipinski definition) is 2. The van der Waals surface area contributed by atoms with Crippen LogP contribution in [0.5, 0.6) is 0 Å². The van der Waals surface area contributed by atoms with E-state index < -0.39 is 0 Å². The van der Waals surface area contributed by atoms with Gasteiger partial charge >= 0.3 is 0 Å². The molecule has 0 radical (unpaired) electrons. The summed E-state index contributed by atoms with van der Waals surface area (Å²) in [4.78, 5) is 7.44. The molecule has 4 rings (SSSR count). The molecule has 1 aliphatic rings. The molecule has 3 aromatic rings. The van der Waals surface area contributed by atoms with Crippen LogP contribution < -0.4 is 0 Å². The lowest BCUT2D eigenvalue weighted by molar-refractivity contribution is 0.212. The Morgan fingerprint density at radius 1 is 0.774 bits per heavy atom. The van der Waals surface area contributed by atoms with Crippen molar-refractivity contribution >= 4 is 5.71 Å². The molecule has 0 saturated carbocycles. The third kappa shape index (κ3) is 6.08. The Morgan fingerprint density at radius 2 is 1.39 bits per heavy atom. The largest absolute Gasteiger partial charge is 0.303 e. The van der Waals surface area contributed by atoms with Crippen molar-refractivity contribution in [3.8, 4) is 0 Å². The zero-order chi connectivity index (χ0) is 21.5.